The number of hydrogen-bond donors (Lipinski definition) is 1. The Kier molecular flexibility index (Phi) is 2.68. The molecule has 2 aromatic rings. The van der Waals surface area contributed by atoms with E-state index < -0.39 is 0 Å². The first-order valence-corrected chi connectivity index (χ1v) is 4.90. The molecule has 0 atom stereocenters. The Balaban J connectivity index is 2.18. The summed E-state index contributed by atoms with van der Waals surface area (Å²) in [6.07, 6.45) is 4.60. The summed E-state index contributed by atoms with van der Waals surface area (Å²) in [4.78, 5) is 19.8. The van der Waals surface area contributed by atoms with Crippen LogP contribution in [0.3, 0.4) is 0 Å². The van der Waals surface area contributed by atoms with Crippen molar-refractivity contribution in [1.82, 2.24) is 14.5 Å². The monoisotopic (exact) mass is 216 g/mol. The minimum atomic E-state index is -0.244. The zero-order chi connectivity index (χ0) is 11.5. The van der Waals surface area contributed by atoms with Gasteiger partial charge in [-0.3, -0.25) is 9.55 Å². The van der Waals surface area contributed by atoms with Crippen molar-refractivity contribution in [2.45, 2.75) is 13.8 Å². The first-order chi connectivity index (χ1) is 7.66. The second-order valence-electron chi connectivity index (χ2n) is 3.49. The molecule has 82 valence electrons. The standard InChI is InChI=1S/C11H12N4O/c1-8-3-4-10(9(2)13-8)14-11(16)15-6-5-12-7-15/h3-7H,1-2H3,(H,14,16). The zero-order valence-electron chi connectivity index (χ0n) is 9.14. The van der Waals surface area contributed by atoms with Crippen LogP contribution in [0.1, 0.15) is 11.4 Å². The van der Waals surface area contributed by atoms with Gasteiger partial charge in [-0.05, 0) is 26.0 Å². The van der Waals surface area contributed by atoms with Crippen molar-refractivity contribution < 1.29 is 4.79 Å². The van der Waals surface area contributed by atoms with Crippen molar-refractivity contribution in [3.8, 4) is 0 Å². The SMILES string of the molecule is Cc1ccc(NC(=O)n2ccnc2)c(C)n1. The second kappa shape index (κ2) is 4.14. The highest BCUT2D eigenvalue weighted by Crippen LogP contribution is 2.12. The van der Waals surface area contributed by atoms with Gasteiger partial charge in [0.05, 0.1) is 11.4 Å². The Morgan fingerprint density at radius 1 is 1.38 bits per heavy atom. The Hall–Kier alpha value is -2.17. The lowest BCUT2D eigenvalue weighted by atomic mass is 10.3. The molecule has 0 aliphatic heterocycles. The summed E-state index contributed by atoms with van der Waals surface area (Å²) in [7, 11) is 0. The molecule has 5 nitrogen and oxygen atoms in total. The van der Waals surface area contributed by atoms with E-state index in [-0.39, 0.29) is 6.03 Å². The van der Waals surface area contributed by atoms with E-state index in [4.69, 9.17) is 0 Å². The van der Waals surface area contributed by atoms with Crippen molar-refractivity contribution >= 4 is 11.7 Å². The summed E-state index contributed by atoms with van der Waals surface area (Å²) in [5.41, 5.74) is 2.44. The molecule has 0 aromatic carbocycles. The molecule has 0 unspecified atom stereocenters. The minimum Gasteiger partial charge on any atom is -0.305 e. The van der Waals surface area contributed by atoms with Gasteiger partial charge in [0.25, 0.3) is 0 Å². The largest absolute Gasteiger partial charge is 0.331 e. The third kappa shape index (κ3) is 2.08. The third-order valence-electron chi connectivity index (χ3n) is 2.21. The Bertz CT molecular complexity index is 505. The molecule has 0 radical (unpaired) electrons. The van der Waals surface area contributed by atoms with Gasteiger partial charge >= 0.3 is 6.03 Å². The van der Waals surface area contributed by atoms with Crippen molar-refractivity contribution in [2.24, 2.45) is 0 Å². The lowest BCUT2D eigenvalue weighted by Gasteiger charge is -2.08. The molecule has 2 aromatic heterocycles. The van der Waals surface area contributed by atoms with Gasteiger partial charge in [-0.2, -0.15) is 0 Å². The fraction of sp³-hybridized carbons (Fsp3) is 0.182. The Morgan fingerprint density at radius 2 is 2.19 bits per heavy atom. The summed E-state index contributed by atoms with van der Waals surface area (Å²) in [5.74, 6) is 0. The van der Waals surface area contributed by atoms with Crippen LogP contribution in [0.15, 0.2) is 30.9 Å². The van der Waals surface area contributed by atoms with Gasteiger partial charge in [0.2, 0.25) is 0 Å². The highest BCUT2D eigenvalue weighted by Gasteiger charge is 2.06. The summed E-state index contributed by atoms with van der Waals surface area (Å²) in [6, 6.07) is 3.45. The van der Waals surface area contributed by atoms with Crippen LogP contribution in [0.25, 0.3) is 0 Å². The normalized spacial score (nSPS) is 10.1. The molecule has 1 amide bonds. The van der Waals surface area contributed by atoms with E-state index in [9.17, 15) is 4.79 Å². The number of aryl methyl sites for hydroxylation is 2. The Labute approximate surface area is 93.2 Å². The fourth-order valence-corrected chi connectivity index (χ4v) is 1.38. The highest BCUT2D eigenvalue weighted by atomic mass is 16.2. The van der Waals surface area contributed by atoms with Gasteiger partial charge < -0.3 is 5.32 Å². The van der Waals surface area contributed by atoms with Gasteiger partial charge in [-0.15, -0.1) is 0 Å². The molecule has 16 heavy (non-hydrogen) atoms. The summed E-state index contributed by atoms with van der Waals surface area (Å²) in [6.45, 7) is 3.77. The number of imidazole rings is 1. The molecule has 2 heterocycles. The van der Waals surface area contributed by atoms with Crippen LogP contribution in [-0.2, 0) is 0 Å². The van der Waals surface area contributed by atoms with Gasteiger partial charge in [-0.1, -0.05) is 0 Å². The van der Waals surface area contributed by atoms with E-state index in [1.165, 1.54) is 10.9 Å². The number of nitrogens with one attached hydrogen (secondary N) is 1. The first-order valence-electron chi connectivity index (χ1n) is 4.90. The molecule has 0 saturated carbocycles. The number of anilines is 1. The first kappa shape index (κ1) is 10.4. The molecular weight excluding hydrogens is 204 g/mol. The van der Waals surface area contributed by atoms with Crippen molar-refractivity contribution in [2.75, 3.05) is 5.32 Å². The number of pyridine rings is 1. The van der Waals surface area contributed by atoms with Crippen molar-refractivity contribution in [1.29, 1.82) is 0 Å². The number of nitrogens with zero attached hydrogens (tertiary/aromatic N) is 3. The molecule has 0 aliphatic carbocycles. The number of carbonyl (C=O) groups excluding carboxylic acids is 1. The van der Waals surface area contributed by atoms with Crippen LogP contribution in [-0.4, -0.2) is 20.6 Å². The van der Waals surface area contributed by atoms with Crippen LogP contribution < -0.4 is 5.32 Å². The van der Waals surface area contributed by atoms with E-state index in [2.05, 4.69) is 15.3 Å². The van der Waals surface area contributed by atoms with E-state index in [0.717, 1.165) is 11.4 Å². The summed E-state index contributed by atoms with van der Waals surface area (Å²) < 4.78 is 1.37. The molecular formula is C11H12N4O. The molecule has 0 fully saturated rings. The molecule has 1 N–H and O–H groups in total. The van der Waals surface area contributed by atoms with E-state index in [0.29, 0.717) is 5.69 Å². The van der Waals surface area contributed by atoms with Crippen molar-refractivity contribution in [3.05, 3.63) is 42.2 Å². The number of amides is 1. The van der Waals surface area contributed by atoms with Gasteiger partial charge in [-0.25, -0.2) is 9.78 Å². The van der Waals surface area contributed by atoms with Crippen LogP contribution in [0.4, 0.5) is 10.5 Å². The average Bonchev–Trinajstić information content (AvgIpc) is 2.75. The molecule has 0 saturated heterocycles. The lowest BCUT2D eigenvalue weighted by molar-refractivity contribution is 0.253. The predicted molar refractivity (Wildman–Crippen MR) is 60.4 cm³/mol. The molecule has 0 aliphatic rings. The van der Waals surface area contributed by atoms with Gasteiger partial charge in [0.1, 0.15) is 6.33 Å². The maximum Gasteiger partial charge on any atom is 0.331 e. The fourth-order valence-electron chi connectivity index (χ4n) is 1.38. The maximum atomic E-state index is 11.7. The number of rotatable bonds is 1. The lowest BCUT2D eigenvalue weighted by Crippen LogP contribution is -2.18. The second-order valence-corrected chi connectivity index (χ2v) is 3.49. The zero-order valence-corrected chi connectivity index (χ0v) is 9.14. The van der Waals surface area contributed by atoms with Crippen molar-refractivity contribution in [3.63, 3.8) is 0 Å². The molecule has 5 heteroatoms. The third-order valence-corrected chi connectivity index (χ3v) is 2.21. The summed E-state index contributed by atoms with van der Waals surface area (Å²) >= 11 is 0. The van der Waals surface area contributed by atoms with Crippen LogP contribution in [0.5, 0.6) is 0 Å². The number of hydrogen-bond acceptors (Lipinski definition) is 3. The molecule has 0 bridgehead atoms. The summed E-state index contributed by atoms with van der Waals surface area (Å²) in [5, 5.41) is 2.76. The average molecular weight is 216 g/mol. The van der Waals surface area contributed by atoms with Crippen LogP contribution in [0.2, 0.25) is 0 Å². The minimum absolute atomic E-state index is 0.244. The molecule has 2 rings (SSSR count). The van der Waals surface area contributed by atoms with Crippen LogP contribution >= 0.6 is 0 Å². The highest BCUT2D eigenvalue weighted by molar-refractivity contribution is 5.91. The topological polar surface area (TPSA) is 59.8 Å². The van der Waals surface area contributed by atoms with E-state index in [1.54, 1.807) is 12.4 Å². The van der Waals surface area contributed by atoms with Gasteiger partial charge in [0.15, 0.2) is 0 Å². The number of aromatic nitrogens is 3. The smallest absolute Gasteiger partial charge is 0.305 e. The van der Waals surface area contributed by atoms with Gasteiger partial charge in [0, 0.05) is 18.1 Å². The number of carbonyl (C=O) groups is 1. The Morgan fingerprint density at radius 3 is 2.81 bits per heavy atom. The predicted octanol–water partition coefficient (Wildman–Crippen LogP) is 1.98. The molecule has 0 spiro atoms. The quantitative estimate of drug-likeness (QED) is 0.792. The van der Waals surface area contributed by atoms with E-state index in [1.807, 2.05) is 26.0 Å². The van der Waals surface area contributed by atoms with E-state index >= 15 is 0 Å². The van der Waals surface area contributed by atoms with Crippen LogP contribution in [0, 0.1) is 13.8 Å². The maximum absolute atomic E-state index is 11.7.